The van der Waals surface area contributed by atoms with Crippen molar-refractivity contribution >= 4 is 17.3 Å². The van der Waals surface area contributed by atoms with Gasteiger partial charge in [-0.15, -0.1) is 0 Å². The number of amides is 1. The van der Waals surface area contributed by atoms with E-state index in [-0.39, 0.29) is 17.2 Å². The van der Waals surface area contributed by atoms with E-state index in [0.717, 1.165) is 5.56 Å². The summed E-state index contributed by atoms with van der Waals surface area (Å²) in [6.07, 6.45) is 1.18. The van der Waals surface area contributed by atoms with Crippen LogP contribution in [0, 0.1) is 17.0 Å². The molecule has 1 aromatic heterocycles. The fourth-order valence-corrected chi connectivity index (χ4v) is 1.39. The number of H-pyrrole nitrogens is 1. The van der Waals surface area contributed by atoms with Crippen LogP contribution in [0.25, 0.3) is 0 Å². The summed E-state index contributed by atoms with van der Waals surface area (Å²) in [6.45, 7) is 1.73. The molecular weight excluding hydrogens is 238 g/mol. The highest BCUT2D eigenvalue weighted by molar-refractivity contribution is 6.02. The molecule has 2 rings (SSSR count). The number of nitro benzene ring substituents is 1. The molecule has 92 valence electrons. The average Bonchev–Trinajstić information content (AvgIpc) is 2.84. The highest BCUT2D eigenvalue weighted by Gasteiger charge is 2.17. The Bertz CT molecular complexity index is 594. The van der Waals surface area contributed by atoms with Gasteiger partial charge in [-0.05, 0) is 18.6 Å². The number of rotatable bonds is 3. The van der Waals surface area contributed by atoms with Gasteiger partial charge in [0, 0.05) is 6.07 Å². The minimum absolute atomic E-state index is 0.00938. The topological polar surface area (TPSA) is 114 Å². The molecule has 1 aromatic carbocycles. The first-order chi connectivity index (χ1) is 8.58. The summed E-state index contributed by atoms with van der Waals surface area (Å²) in [5, 5.41) is 19.2. The van der Waals surface area contributed by atoms with Crippen molar-refractivity contribution in [1.82, 2.24) is 15.2 Å². The molecule has 0 aliphatic rings. The molecule has 0 aliphatic heterocycles. The Kier molecular flexibility index (Phi) is 3.00. The molecule has 0 saturated carbocycles. The predicted molar refractivity (Wildman–Crippen MR) is 62.2 cm³/mol. The van der Waals surface area contributed by atoms with E-state index in [1.54, 1.807) is 13.0 Å². The van der Waals surface area contributed by atoms with Gasteiger partial charge >= 0.3 is 0 Å². The highest BCUT2D eigenvalue weighted by Crippen LogP contribution is 2.25. The van der Waals surface area contributed by atoms with Crippen LogP contribution in [0.2, 0.25) is 0 Å². The zero-order chi connectivity index (χ0) is 13.1. The molecule has 8 nitrogen and oxygen atoms in total. The van der Waals surface area contributed by atoms with Gasteiger partial charge in [0.1, 0.15) is 12.0 Å². The van der Waals surface area contributed by atoms with Gasteiger partial charge in [0.25, 0.3) is 11.6 Å². The van der Waals surface area contributed by atoms with Crippen molar-refractivity contribution in [3.05, 3.63) is 46.0 Å². The summed E-state index contributed by atoms with van der Waals surface area (Å²) in [7, 11) is 0. The summed E-state index contributed by atoms with van der Waals surface area (Å²) in [5.41, 5.74) is 0.689. The van der Waals surface area contributed by atoms with Gasteiger partial charge in [-0.2, -0.15) is 5.10 Å². The lowest BCUT2D eigenvalue weighted by Crippen LogP contribution is -2.14. The first-order valence-corrected chi connectivity index (χ1v) is 4.99. The van der Waals surface area contributed by atoms with Crippen molar-refractivity contribution in [1.29, 1.82) is 0 Å². The van der Waals surface area contributed by atoms with Gasteiger partial charge in [-0.1, -0.05) is 6.07 Å². The Morgan fingerprint density at radius 2 is 2.28 bits per heavy atom. The summed E-state index contributed by atoms with van der Waals surface area (Å²) in [4.78, 5) is 25.6. The molecule has 2 aromatic rings. The molecule has 2 N–H and O–H groups in total. The number of aromatic nitrogens is 3. The summed E-state index contributed by atoms with van der Waals surface area (Å²) in [6, 6.07) is 4.53. The number of aryl methyl sites for hydroxylation is 1. The van der Waals surface area contributed by atoms with E-state index < -0.39 is 10.8 Å². The third kappa shape index (κ3) is 2.32. The second-order valence-corrected chi connectivity index (χ2v) is 3.57. The molecule has 0 saturated heterocycles. The lowest BCUT2D eigenvalue weighted by Gasteiger charge is -2.04. The van der Waals surface area contributed by atoms with Crippen LogP contribution in [-0.2, 0) is 0 Å². The van der Waals surface area contributed by atoms with Crippen LogP contribution in [0.3, 0.4) is 0 Å². The van der Waals surface area contributed by atoms with Gasteiger partial charge in [-0.25, -0.2) is 4.98 Å². The molecule has 18 heavy (non-hydrogen) atoms. The van der Waals surface area contributed by atoms with Crippen LogP contribution in [0.1, 0.15) is 16.2 Å². The van der Waals surface area contributed by atoms with Gasteiger partial charge < -0.3 is 5.32 Å². The molecule has 0 fully saturated rings. The fraction of sp³-hybridized carbons (Fsp3) is 0.100. The molecular formula is C10H9N5O3. The van der Waals surface area contributed by atoms with Crippen LogP contribution >= 0.6 is 0 Å². The smallest absolute Gasteiger partial charge is 0.293 e. The van der Waals surface area contributed by atoms with E-state index >= 15 is 0 Å². The zero-order valence-electron chi connectivity index (χ0n) is 9.38. The minimum Gasteiger partial charge on any atom is -0.313 e. The molecule has 0 aliphatic carbocycles. The number of nitro groups is 1. The zero-order valence-corrected chi connectivity index (χ0v) is 9.38. The van der Waals surface area contributed by atoms with Crippen molar-refractivity contribution in [2.45, 2.75) is 6.92 Å². The first kappa shape index (κ1) is 11.7. The average molecular weight is 247 g/mol. The van der Waals surface area contributed by atoms with Gasteiger partial charge in [-0.3, -0.25) is 20.0 Å². The molecule has 1 heterocycles. The number of benzene rings is 1. The van der Waals surface area contributed by atoms with E-state index in [1.165, 1.54) is 18.5 Å². The second kappa shape index (κ2) is 4.62. The van der Waals surface area contributed by atoms with E-state index in [2.05, 4.69) is 20.5 Å². The summed E-state index contributed by atoms with van der Waals surface area (Å²) < 4.78 is 0. The molecule has 0 radical (unpaired) electrons. The minimum atomic E-state index is -0.584. The van der Waals surface area contributed by atoms with E-state index in [4.69, 9.17) is 0 Å². The number of carbonyl (C=O) groups is 1. The maximum absolute atomic E-state index is 11.7. The second-order valence-electron chi connectivity index (χ2n) is 3.57. The largest absolute Gasteiger partial charge is 0.313 e. The third-order valence-electron chi connectivity index (χ3n) is 2.23. The quantitative estimate of drug-likeness (QED) is 0.626. The van der Waals surface area contributed by atoms with Crippen molar-refractivity contribution in [2.24, 2.45) is 0 Å². The Morgan fingerprint density at radius 1 is 1.50 bits per heavy atom. The molecule has 0 bridgehead atoms. The number of anilines is 1. The lowest BCUT2D eigenvalue weighted by atomic mass is 10.2. The Morgan fingerprint density at radius 3 is 2.89 bits per heavy atom. The monoisotopic (exact) mass is 247 g/mol. The lowest BCUT2D eigenvalue weighted by molar-refractivity contribution is -0.384. The Balaban J connectivity index is 2.29. The van der Waals surface area contributed by atoms with E-state index in [1.807, 2.05) is 0 Å². The number of nitrogens with zero attached hydrogens (tertiary/aromatic N) is 3. The maximum atomic E-state index is 11.7. The first-order valence-electron chi connectivity index (χ1n) is 4.99. The molecule has 1 amide bonds. The highest BCUT2D eigenvalue weighted by atomic mass is 16.6. The van der Waals surface area contributed by atoms with Gasteiger partial charge in [0.2, 0.25) is 5.82 Å². The van der Waals surface area contributed by atoms with Crippen LogP contribution in [0.15, 0.2) is 24.5 Å². The van der Waals surface area contributed by atoms with Crippen LogP contribution in [-0.4, -0.2) is 26.0 Å². The third-order valence-corrected chi connectivity index (χ3v) is 2.23. The SMILES string of the molecule is Cc1ccc(NC(=O)c2ncn[nH]2)c([N+](=O)[O-])c1. The number of hydrogen-bond acceptors (Lipinski definition) is 5. The van der Waals surface area contributed by atoms with Crippen molar-refractivity contribution in [3.63, 3.8) is 0 Å². The molecule has 0 atom stereocenters. The summed E-state index contributed by atoms with van der Waals surface area (Å²) >= 11 is 0. The standard InChI is InChI=1S/C10H9N5O3/c1-6-2-3-7(8(4-6)15(17)18)13-10(16)9-11-5-12-14-9/h2-5H,1H3,(H,13,16)(H,11,12,14). The number of carbonyl (C=O) groups excluding carboxylic acids is 1. The molecule has 0 unspecified atom stereocenters. The van der Waals surface area contributed by atoms with Crippen molar-refractivity contribution in [2.75, 3.05) is 5.32 Å². The van der Waals surface area contributed by atoms with E-state index in [9.17, 15) is 14.9 Å². The maximum Gasteiger partial charge on any atom is 0.293 e. The van der Waals surface area contributed by atoms with E-state index in [0.29, 0.717) is 0 Å². The van der Waals surface area contributed by atoms with Crippen molar-refractivity contribution in [3.8, 4) is 0 Å². The number of nitrogens with one attached hydrogen (secondary N) is 2. The molecule has 8 heteroatoms. The number of hydrogen-bond donors (Lipinski definition) is 2. The van der Waals surface area contributed by atoms with Crippen molar-refractivity contribution < 1.29 is 9.72 Å². The Labute approximate surface area is 101 Å². The normalized spacial score (nSPS) is 10.1. The van der Waals surface area contributed by atoms with Gasteiger partial charge in [0.15, 0.2) is 0 Å². The number of aromatic amines is 1. The van der Waals surface area contributed by atoms with Crippen LogP contribution < -0.4 is 5.32 Å². The Hall–Kier alpha value is -2.77. The molecule has 0 spiro atoms. The predicted octanol–water partition coefficient (Wildman–Crippen LogP) is 1.27. The van der Waals surface area contributed by atoms with Crippen LogP contribution in [0.4, 0.5) is 11.4 Å². The fourth-order valence-electron chi connectivity index (χ4n) is 1.39. The van der Waals surface area contributed by atoms with Crippen LogP contribution in [0.5, 0.6) is 0 Å². The summed E-state index contributed by atoms with van der Waals surface area (Å²) in [5.74, 6) is -0.593. The van der Waals surface area contributed by atoms with Gasteiger partial charge in [0.05, 0.1) is 4.92 Å².